The van der Waals surface area contributed by atoms with E-state index in [1.54, 1.807) is 55.4 Å². The molecule has 0 spiro atoms. The maximum absolute atomic E-state index is 12.2. The lowest BCUT2D eigenvalue weighted by atomic mass is 10.2. The highest BCUT2D eigenvalue weighted by atomic mass is 16.8. The van der Waals surface area contributed by atoms with E-state index in [0.29, 0.717) is 37.8 Å². The van der Waals surface area contributed by atoms with Crippen molar-refractivity contribution < 1.29 is 62.6 Å². The van der Waals surface area contributed by atoms with Crippen molar-refractivity contribution in [3.63, 3.8) is 0 Å². The van der Waals surface area contributed by atoms with Crippen LogP contribution >= 0.6 is 0 Å². The molecule has 0 aromatic heterocycles. The summed E-state index contributed by atoms with van der Waals surface area (Å²) in [5.74, 6) is -0.983. The van der Waals surface area contributed by atoms with Gasteiger partial charge in [-0.15, -0.1) is 10.1 Å². The Morgan fingerprint density at radius 1 is 0.559 bits per heavy atom. The number of carboxylic acids is 1. The van der Waals surface area contributed by atoms with Crippen molar-refractivity contribution in [3.8, 4) is 0 Å². The molecular weight excluding hydrogens is 772 g/mol. The van der Waals surface area contributed by atoms with E-state index in [9.17, 15) is 38.4 Å². The summed E-state index contributed by atoms with van der Waals surface area (Å²) in [6.07, 6.45) is 0.845. The fourth-order valence-electron chi connectivity index (χ4n) is 3.34. The molecule has 0 radical (unpaired) electrons. The number of hydroxylamine groups is 4. The van der Waals surface area contributed by atoms with Crippen LogP contribution in [0.2, 0.25) is 0 Å². The maximum Gasteiger partial charge on any atom is 0.443 e. The molecule has 348 valence electrons. The number of hydrogen-bond acceptors (Lipinski definition) is 13. The topological polar surface area (TPSA) is 245 Å². The highest BCUT2D eigenvalue weighted by Gasteiger charge is 2.29. The first-order valence-corrected chi connectivity index (χ1v) is 20.2. The number of amides is 5. The van der Waals surface area contributed by atoms with E-state index in [1.165, 1.54) is 50.3 Å². The Balaban J connectivity index is -0.000000255. The first-order valence-electron chi connectivity index (χ1n) is 20.2. The van der Waals surface area contributed by atoms with Gasteiger partial charge in [0, 0.05) is 39.1 Å². The maximum atomic E-state index is 12.2. The number of carbonyl (C=O) groups excluding carboxylic acids is 7. The second-order valence-corrected chi connectivity index (χ2v) is 14.8. The molecule has 5 amide bonds. The van der Waals surface area contributed by atoms with Crippen LogP contribution in [0.4, 0.5) is 19.2 Å². The van der Waals surface area contributed by atoms with Gasteiger partial charge in [-0.3, -0.25) is 9.59 Å². The molecule has 0 aliphatic rings. The summed E-state index contributed by atoms with van der Waals surface area (Å²) >= 11 is 0. The molecule has 0 rings (SSSR count). The molecule has 0 aliphatic carbocycles. The predicted molar refractivity (Wildman–Crippen MR) is 226 cm³/mol. The lowest BCUT2D eigenvalue weighted by Crippen LogP contribution is -2.43. The first-order chi connectivity index (χ1) is 27.1. The zero-order valence-corrected chi connectivity index (χ0v) is 39.1. The van der Waals surface area contributed by atoms with Gasteiger partial charge in [-0.25, -0.2) is 19.2 Å². The van der Waals surface area contributed by atoms with Crippen LogP contribution in [0.25, 0.3) is 0 Å². The highest BCUT2D eigenvalue weighted by molar-refractivity contribution is 5.77. The lowest BCUT2D eigenvalue weighted by Gasteiger charge is -2.27. The van der Waals surface area contributed by atoms with Gasteiger partial charge in [0.05, 0.1) is 19.5 Å². The van der Waals surface area contributed by atoms with Crippen molar-refractivity contribution in [1.29, 1.82) is 0 Å². The van der Waals surface area contributed by atoms with Gasteiger partial charge in [-0.2, -0.15) is 0 Å². The predicted octanol–water partition coefficient (Wildman–Crippen LogP) is 6.95. The van der Waals surface area contributed by atoms with Crippen molar-refractivity contribution in [3.05, 3.63) is 0 Å². The summed E-state index contributed by atoms with van der Waals surface area (Å²) in [6.45, 7) is 30.4. The van der Waals surface area contributed by atoms with Crippen LogP contribution in [-0.4, -0.2) is 136 Å². The molecule has 4 N–H and O–H groups in total. The Bertz CT molecular complexity index is 1170. The minimum atomic E-state index is -1.11. The standard InChI is InChI=1S/C17H33N3O5.C13H24N2O6.C4H11N.2C3H6O/c1-7-10-12-18-14(21)11-13-20(16(23)24-17(4,5)6)25-15(22)19(8-2)9-3;1-6-14(7-2)11(18)21-15(9-8-10(16)17)12(19)20-13(3,4)5;1-2-3-4-5;2*1-3(2)4/h7-13H2,1-6H3,(H,18,21);6-9H2,1-5H3,(H,16,17);2-5H2,1H3;2*1-2H3. The fraction of sp³-hybridized carbons (Fsp3) is 0.800. The summed E-state index contributed by atoms with van der Waals surface area (Å²) in [7, 11) is 0. The molecule has 0 saturated carbocycles. The van der Waals surface area contributed by atoms with Gasteiger partial charge in [0.1, 0.15) is 22.8 Å². The van der Waals surface area contributed by atoms with Crippen LogP contribution in [0.3, 0.4) is 0 Å². The summed E-state index contributed by atoms with van der Waals surface area (Å²) in [5, 5.41) is 12.9. The lowest BCUT2D eigenvalue weighted by molar-refractivity contribution is -0.142. The van der Waals surface area contributed by atoms with Crippen LogP contribution < -0.4 is 11.1 Å². The monoisotopic (exact) mass is 853 g/mol. The number of Topliss-reactive ketones (excluding diaryl/α,β-unsaturated/α-hetero) is 2. The van der Waals surface area contributed by atoms with E-state index >= 15 is 0 Å². The fourth-order valence-corrected chi connectivity index (χ4v) is 3.34. The summed E-state index contributed by atoms with van der Waals surface area (Å²) in [4.78, 5) is 102. The number of hydrogen-bond donors (Lipinski definition) is 3. The van der Waals surface area contributed by atoms with Crippen LogP contribution in [-0.2, 0) is 38.3 Å². The molecule has 0 aromatic carbocycles. The Morgan fingerprint density at radius 2 is 0.881 bits per heavy atom. The summed E-state index contributed by atoms with van der Waals surface area (Å²) in [6, 6.07) is 0. The first kappa shape index (κ1) is 63.5. The third-order valence-corrected chi connectivity index (χ3v) is 6.10. The van der Waals surface area contributed by atoms with Crippen molar-refractivity contribution in [1.82, 2.24) is 25.2 Å². The molecule has 0 saturated heterocycles. The second kappa shape index (κ2) is 37.6. The molecule has 0 aliphatic heterocycles. The van der Waals surface area contributed by atoms with E-state index in [1.807, 2.05) is 20.8 Å². The van der Waals surface area contributed by atoms with E-state index in [2.05, 4.69) is 12.2 Å². The number of nitrogens with two attached hydrogens (primary N) is 1. The van der Waals surface area contributed by atoms with Crippen molar-refractivity contribution in [2.24, 2.45) is 5.73 Å². The van der Waals surface area contributed by atoms with Gasteiger partial charge in [-0.1, -0.05) is 26.7 Å². The van der Waals surface area contributed by atoms with E-state index < -0.39 is 41.5 Å². The Kier molecular flexibility index (Phi) is 40.4. The number of carboxylic acid groups (broad SMARTS) is 1. The van der Waals surface area contributed by atoms with E-state index in [4.69, 9.17) is 30.0 Å². The molecule has 0 bridgehead atoms. The normalized spacial score (nSPS) is 9.98. The van der Waals surface area contributed by atoms with Crippen molar-refractivity contribution in [2.75, 3.05) is 52.4 Å². The third-order valence-electron chi connectivity index (χ3n) is 6.10. The van der Waals surface area contributed by atoms with Gasteiger partial charge < -0.3 is 54.7 Å². The molecule has 0 heterocycles. The number of carbonyl (C=O) groups is 8. The SMILES string of the molecule is CC(C)=O.CC(C)=O.CCCCN.CCCCNC(=O)CCN(OC(=O)N(CC)CC)C(=O)OC(C)(C)C.CCN(CC)C(=O)ON(CCC(=O)O)C(=O)OC(C)(C)C. The average Bonchev–Trinajstić information content (AvgIpc) is 3.08. The molecule has 0 unspecified atom stereocenters. The summed E-state index contributed by atoms with van der Waals surface area (Å²) in [5.41, 5.74) is 3.63. The third kappa shape index (κ3) is 47.6. The molecule has 19 nitrogen and oxygen atoms in total. The van der Waals surface area contributed by atoms with Crippen molar-refractivity contribution >= 4 is 47.8 Å². The minimum Gasteiger partial charge on any atom is -0.481 e. The largest absolute Gasteiger partial charge is 0.481 e. The zero-order valence-electron chi connectivity index (χ0n) is 39.1. The van der Waals surface area contributed by atoms with Gasteiger partial charge in [0.25, 0.3) is 0 Å². The molecular formula is C40H80N6O13. The van der Waals surface area contributed by atoms with Gasteiger partial charge >= 0.3 is 30.3 Å². The van der Waals surface area contributed by atoms with E-state index in [0.717, 1.165) is 24.4 Å². The number of nitrogens with zero attached hydrogens (tertiary/aromatic N) is 4. The van der Waals surface area contributed by atoms with Crippen molar-refractivity contribution in [2.45, 2.75) is 161 Å². The quantitative estimate of drug-likeness (QED) is 0.112. The average molecular weight is 853 g/mol. The zero-order chi connectivity index (χ0) is 47.4. The number of unbranched alkanes of at least 4 members (excludes halogenated alkanes) is 2. The Morgan fingerprint density at radius 3 is 1.12 bits per heavy atom. The highest BCUT2D eigenvalue weighted by Crippen LogP contribution is 2.13. The van der Waals surface area contributed by atoms with E-state index in [-0.39, 0.29) is 43.4 Å². The minimum absolute atomic E-state index is 0.0223. The van der Waals surface area contributed by atoms with Crippen LogP contribution in [0.1, 0.15) is 149 Å². The molecule has 0 aromatic rings. The van der Waals surface area contributed by atoms with Gasteiger partial charge in [0.15, 0.2) is 0 Å². The Hall–Kier alpha value is -4.68. The van der Waals surface area contributed by atoms with Crippen LogP contribution in [0.5, 0.6) is 0 Å². The Labute approximate surface area is 353 Å². The molecule has 0 atom stereocenters. The smallest absolute Gasteiger partial charge is 0.443 e. The second-order valence-electron chi connectivity index (χ2n) is 14.8. The number of aliphatic carboxylic acids is 1. The number of nitrogens with one attached hydrogen (secondary N) is 1. The number of rotatable bonds is 15. The van der Waals surface area contributed by atoms with Gasteiger partial charge in [-0.05, 0) is 116 Å². The molecule has 59 heavy (non-hydrogen) atoms. The number of ether oxygens (including phenoxy) is 2. The summed E-state index contributed by atoms with van der Waals surface area (Å²) < 4.78 is 10.3. The molecule has 19 heteroatoms. The van der Waals surface area contributed by atoms with Crippen LogP contribution in [0.15, 0.2) is 0 Å². The molecule has 0 fully saturated rings. The van der Waals surface area contributed by atoms with Crippen LogP contribution in [0, 0.1) is 0 Å². The number of ketones is 2. The van der Waals surface area contributed by atoms with Gasteiger partial charge in [0.2, 0.25) is 5.91 Å².